The quantitative estimate of drug-likeness (QED) is 0.849. The van der Waals surface area contributed by atoms with E-state index < -0.39 is 0 Å². The molecule has 0 radical (unpaired) electrons. The Morgan fingerprint density at radius 3 is 2.79 bits per heavy atom. The first kappa shape index (κ1) is 14.5. The van der Waals surface area contributed by atoms with Crippen LogP contribution >= 0.6 is 0 Å². The van der Waals surface area contributed by atoms with Gasteiger partial charge in [0.05, 0.1) is 0 Å². The number of hydrogen-bond donors (Lipinski definition) is 1. The molecule has 0 spiro atoms. The maximum Gasteiger partial charge on any atom is 0.127 e. The molecule has 1 unspecified atom stereocenters. The summed E-state index contributed by atoms with van der Waals surface area (Å²) in [5.41, 5.74) is 1.03. The molecule has 1 saturated heterocycles. The number of halogens is 1. The van der Waals surface area contributed by atoms with Gasteiger partial charge in [0.1, 0.15) is 5.82 Å². The fraction of sp³-hybridized carbons (Fsp3) is 0.625. The largest absolute Gasteiger partial charge is 0.310 e. The first-order valence-corrected chi connectivity index (χ1v) is 7.32. The lowest BCUT2D eigenvalue weighted by molar-refractivity contribution is 0.206. The Hall–Kier alpha value is -0.930. The summed E-state index contributed by atoms with van der Waals surface area (Å²) in [5.74, 6) is -0.0988. The van der Waals surface area contributed by atoms with Gasteiger partial charge in [0, 0.05) is 24.2 Å². The number of nitrogens with zero attached hydrogens (tertiary/aromatic N) is 1. The molecule has 1 aromatic carbocycles. The standard InChI is InChI=1S/C16H25FN2/c1-3-9-16(10-6-11-18-16)13-19(2)12-14-7-4-5-8-15(14)17/h4-5,7-8,18H,3,6,9-13H2,1-2H3. The van der Waals surface area contributed by atoms with E-state index in [1.54, 1.807) is 12.1 Å². The van der Waals surface area contributed by atoms with Crippen molar-refractivity contribution in [2.45, 2.75) is 44.7 Å². The van der Waals surface area contributed by atoms with Gasteiger partial charge in [-0.25, -0.2) is 4.39 Å². The van der Waals surface area contributed by atoms with E-state index in [0.717, 1.165) is 18.7 Å². The number of nitrogens with one attached hydrogen (secondary N) is 1. The minimum absolute atomic E-state index is 0.0988. The topological polar surface area (TPSA) is 15.3 Å². The molecule has 0 aromatic heterocycles. The molecular weight excluding hydrogens is 239 g/mol. The molecule has 1 atom stereocenters. The van der Waals surface area contributed by atoms with Crippen molar-refractivity contribution in [3.05, 3.63) is 35.6 Å². The second-order valence-electron chi connectivity index (χ2n) is 5.82. The van der Waals surface area contributed by atoms with Crippen molar-refractivity contribution in [1.82, 2.24) is 10.2 Å². The van der Waals surface area contributed by atoms with E-state index in [0.29, 0.717) is 6.54 Å². The monoisotopic (exact) mass is 264 g/mol. The zero-order valence-corrected chi connectivity index (χ0v) is 12.1. The average Bonchev–Trinajstić information content (AvgIpc) is 2.81. The third-order valence-corrected chi connectivity index (χ3v) is 4.03. The third kappa shape index (κ3) is 3.77. The van der Waals surface area contributed by atoms with Crippen LogP contribution in [0.2, 0.25) is 0 Å². The molecule has 2 nitrogen and oxygen atoms in total. The summed E-state index contributed by atoms with van der Waals surface area (Å²) >= 11 is 0. The number of likely N-dealkylation sites (N-methyl/N-ethyl adjacent to an activating group) is 1. The van der Waals surface area contributed by atoms with Crippen LogP contribution in [0.15, 0.2) is 24.3 Å². The van der Waals surface area contributed by atoms with Crippen molar-refractivity contribution < 1.29 is 4.39 Å². The minimum atomic E-state index is -0.0988. The van der Waals surface area contributed by atoms with Crippen molar-refractivity contribution in [1.29, 1.82) is 0 Å². The molecule has 2 rings (SSSR count). The van der Waals surface area contributed by atoms with E-state index in [2.05, 4.69) is 24.2 Å². The van der Waals surface area contributed by atoms with Crippen LogP contribution < -0.4 is 5.32 Å². The van der Waals surface area contributed by atoms with Crippen LogP contribution in [-0.4, -0.2) is 30.6 Å². The summed E-state index contributed by atoms with van der Waals surface area (Å²) in [6.07, 6.45) is 4.89. The first-order valence-electron chi connectivity index (χ1n) is 7.32. The molecule has 1 fully saturated rings. The summed E-state index contributed by atoms with van der Waals surface area (Å²) in [5, 5.41) is 3.67. The van der Waals surface area contributed by atoms with Crippen molar-refractivity contribution in [3.63, 3.8) is 0 Å². The fourth-order valence-corrected chi connectivity index (χ4v) is 3.26. The molecule has 0 amide bonds. The van der Waals surface area contributed by atoms with Crippen molar-refractivity contribution in [2.75, 3.05) is 20.1 Å². The van der Waals surface area contributed by atoms with Crippen LogP contribution in [0.3, 0.4) is 0 Å². The number of rotatable bonds is 6. The van der Waals surface area contributed by atoms with Crippen LogP contribution in [0, 0.1) is 5.82 Å². The van der Waals surface area contributed by atoms with E-state index >= 15 is 0 Å². The Morgan fingerprint density at radius 1 is 1.37 bits per heavy atom. The molecule has 19 heavy (non-hydrogen) atoms. The van der Waals surface area contributed by atoms with Gasteiger partial charge in [-0.1, -0.05) is 31.5 Å². The van der Waals surface area contributed by atoms with Crippen LogP contribution in [0.1, 0.15) is 38.2 Å². The summed E-state index contributed by atoms with van der Waals surface area (Å²) in [7, 11) is 2.09. The Morgan fingerprint density at radius 2 is 2.16 bits per heavy atom. The molecule has 0 bridgehead atoms. The van der Waals surface area contributed by atoms with E-state index in [1.807, 2.05) is 12.1 Å². The Bertz CT molecular complexity index is 399. The van der Waals surface area contributed by atoms with Gasteiger partial charge >= 0.3 is 0 Å². The molecular formula is C16H25FN2. The van der Waals surface area contributed by atoms with E-state index in [-0.39, 0.29) is 11.4 Å². The maximum atomic E-state index is 13.7. The number of hydrogen-bond acceptors (Lipinski definition) is 2. The lowest BCUT2D eigenvalue weighted by atomic mass is 9.91. The Kier molecular flexibility index (Phi) is 4.94. The molecule has 0 aliphatic carbocycles. The zero-order valence-electron chi connectivity index (χ0n) is 12.1. The predicted molar refractivity (Wildman–Crippen MR) is 77.6 cm³/mol. The Labute approximate surface area is 116 Å². The maximum absolute atomic E-state index is 13.7. The first-order chi connectivity index (χ1) is 9.15. The van der Waals surface area contributed by atoms with Gasteiger partial charge in [0.25, 0.3) is 0 Å². The predicted octanol–water partition coefficient (Wildman–Crippen LogP) is 3.18. The highest BCUT2D eigenvalue weighted by Gasteiger charge is 2.33. The highest BCUT2D eigenvalue weighted by molar-refractivity contribution is 5.17. The molecule has 1 aromatic rings. The second-order valence-corrected chi connectivity index (χ2v) is 5.82. The summed E-state index contributed by atoms with van der Waals surface area (Å²) in [6.45, 7) is 5.03. The van der Waals surface area contributed by atoms with Gasteiger partial charge in [0.15, 0.2) is 0 Å². The van der Waals surface area contributed by atoms with E-state index in [9.17, 15) is 4.39 Å². The smallest absolute Gasteiger partial charge is 0.127 e. The molecule has 1 aliphatic rings. The van der Waals surface area contributed by atoms with E-state index in [1.165, 1.54) is 25.7 Å². The Balaban J connectivity index is 1.96. The van der Waals surface area contributed by atoms with Gasteiger partial charge < -0.3 is 10.2 Å². The lowest BCUT2D eigenvalue weighted by Crippen LogP contribution is -2.48. The van der Waals surface area contributed by atoms with Gasteiger partial charge in [-0.2, -0.15) is 0 Å². The van der Waals surface area contributed by atoms with Gasteiger partial charge in [0.2, 0.25) is 0 Å². The van der Waals surface area contributed by atoms with Crippen molar-refractivity contribution >= 4 is 0 Å². The minimum Gasteiger partial charge on any atom is -0.310 e. The van der Waals surface area contributed by atoms with Crippen LogP contribution in [0.25, 0.3) is 0 Å². The van der Waals surface area contributed by atoms with Crippen LogP contribution in [-0.2, 0) is 6.54 Å². The molecule has 1 aliphatic heterocycles. The lowest BCUT2D eigenvalue weighted by Gasteiger charge is -2.34. The summed E-state index contributed by atoms with van der Waals surface area (Å²) < 4.78 is 13.7. The molecule has 1 N–H and O–H groups in total. The highest BCUT2D eigenvalue weighted by Crippen LogP contribution is 2.26. The summed E-state index contributed by atoms with van der Waals surface area (Å²) in [6, 6.07) is 7.07. The van der Waals surface area contributed by atoms with Gasteiger partial charge in [-0.3, -0.25) is 0 Å². The molecule has 1 heterocycles. The van der Waals surface area contributed by atoms with Crippen molar-refractivity contribution in [2.24, 2.45) is 0 Å². The van der Waals surface area contributed by atoms with Crippen LogP contribution in [0.4, 0.5) is 4.39 Å². The number of benzene rings is 1. The zero-order chi connectivity index (χ0) is 13.7. The normalized spacial score (nSPS) is 23.2. The van der Waals surface area contributed by atoms with Gasteiger partial charge in [-0.15, -0.1) is 0 Å². The van der Waals surface area contributed by atoms with Crippen molar-refractivity contribution in [3.8, 4) is 0 Å². The molecule has 106 valence electrons. The third-order valence-electron chi connectivity index (χ3n) is 4.03. The second kappa shape index (κ2) is 6.49. The molecule has 3 heteroatoms. The SMILES string of the molecule is CCCC1(CN(C)Cc2ccccc2F)CCCN1. The van der Waals surface area contributed by atoms with Crippen LogP contribution in [0.5, 0.6) is 0 Å². The average molecular weight is 264 g/mol. The molecule has 0 saturated carbocycles. The fourth-order valence-electron chi connectivity index (χ4n) is 3.26. The van der Waals surface area contributed by atoms with E-state index in [4.69, 9.17) is 0 Å². The highest BCUT2D eigenvalue weighted by atomic mass is 19.1. The van der Waals surface area contributed by atoms with Gasteiger partial charge in [-0.05, 0) is 38.9 Å². The summed E-state index contributed by atoms with van der Waals surface area (Å²) in [4.78, 5) is 2.24.